The molecule has 4 aromatic carbocycles. The van der Waals surface area contributed by atoms with Crippen LogP contribution in [-0.2, 0) is 11.3 Å². The van der Waals surface area contributed by atoms with Gasteiger partial charge in [-0.05, 0) is 137 Å². The number of fused-ring (bicyclic) bond motifs is 3. The van der Waals surface area contributed by atoms with E-state index in [1.54, 1.807) is 22.7 Å². The van der Waals surface area contributed by atoms with Crippen LogP contribution in [0, 0.1) is 11.3 Å². The molecule has 0 saturated heterocycles. The Balaban J connectivity index is 1.27. The minimum Gasteiger partial charge on any atom is -0.493 e. The van der Waals surface area contributed by atoms with Crippen molar-refractivity contribution in [2.45, 2.75) is 64.8 Å². The molecule has 0 saturated carbocycles. The van der Waals surface area contributed by atoms with Gasteiger partial charge in [0.2, 0.25) is 0 Å². The van der Waals surface area contributed by atoms with Crippen LogP contribution in [0.25, 0.3) is 80.1 Å². The zero-order valence-corrected chi connectivity index (χ0v) is 38.6. The second kappa shape index (κ2) is 19.0. The number of hydrogen-bond donors (Lipinski definition) is 1. The maximum absolute atomic E-state index is 11.8. The molecule has 8 nitrogen and oxygen atoms in total. The minimum atomic E-state index is -1.25. The standard InChI is InChI=1S/C54H48N2O6S3/c1-2-56-41-16-8-7-15-37(41)38-30-34(21-23-42(38)56)48-31-39-50-43-17-13-18-44(50)60-26-10-4-6-12-28-62-46-20-14-19-45(61-27-11-5-3-9-25-59-43)51(46)40-32-49(65-53(40)52(39)64-48)47-24-22-36(63-47)29-35(33-55)54(57)58/h7-8,13-24,29-32H,2-6,9-12,25-28H2,1H3,(H,57,58)/b35-29-. The van der Waals surface area contributed by atoms with E-state index < -0.39 is 5.97 Å². The Morgan fingerprint density at radius 1 is 0.615 bits per heavy atom. The molecule has 0 atom stereocenters. The van der Waals surface area contributed by atoms with E-state index in [4.69, 9.17) is 18.9 Å². The van der Waals surface area contributed by atoms with Gasteiger partial charge in [-0.1, -0.05) is 36.4 Å². The lowest BCUT2D eigenvalue weighted by Gasteiger charge is -2.20. The van der Waals surface area contributed by atoms with Gasteiger partial charge in [-0.15, -0.1) is 34.0 Å². The van der Waals surface area contributed by atoms with Crippen LogP contribution < -0.4 is 18.9 Å². The van der Waals surface area contributed by atoms with Crippen LogP contribution in [0.5, 0.6) is 23.0 Å². The fraction of sp³-hybridized carbons (Fsp3) is 0.259. The van der Waals surface area contributed by atoms with Crippen LogP contribution >= 0.6 is 34.0 Å². The van der Waals surface area contributed by atoms with Gasteiger partial charge in [-0.25, -0.2) is 4.79 Å². The lowest BCUT2D eigenvalue weighted by molar-refractivity contribution is -0.132. The molecule has 1 N–H and O–H groups in total. The normalized spacial score (nSPS) is 14.9. The number of aryl methyl sites for hydroxylation is 1. The van der Waals surface area contributed by atoms with Crippen molar-refractivity contribution in [1.29, 1.82) is 5.26 Å². The van der Waals surface area contributed by atoms with E-state index in [1.807, 2.05) is 30.3 Å². The number of nitrogens with zero attached hydrogens (tertiary/aromatic N) is 2. The van der Waals surface area contributed by atoms with Crippen molar-refractivity contribution in [2.75, 3.05) is 26.4 Å². The zero-order valence-electron chi connectivity index (χ0n) is 36.2. The van der Waals surface area contributed by atoms with Gasteiger partial charge in [0.15, 0.2) is 0 Å². The van der Waals surface area contributed by atoms with Crippen molar-refractivity contribution in [2.24, 2.45) is 0 Å². The van der Waals surface area contributed by atoms with Gasteiger partial charge in [0.05, 0.1) is 47.3 Å². The Labute approximate surface area is 390 Å². The summed E-state index contributed by atoms with van der Waals surface area (Å²) in [6.07, 6.45) is 9.18. The molecule has 2 aliphatic heterocycles. The number of para-hydroxylation sites is 1. The molecule has 328 valence electrons. The molecule has 2 bridgehead atoms. The Kier molecular flexibility index (Phi) is 12.5. The fourth-order valence-corrected chi connectivity index (χ4v) is 12.5. The lowest BCUT2D eigenvalue weighted by Crippen LogP contribution is -2.05. The Morgan fingerprint density at radius 2 is 1.15 bits per heavy atom. The van der Waals surface area contributed by atoms with E-state index >= 15 is 0 Å². The number of carboxylic acid groups (broad SMARTS) is 1. The third-order valence-corrected chi connectivity index (χ3v) is 15.9. The summed E-state index contributed by atoms with van der Waals surface area (Å²) in [7, 11) is 0. The highest BCUT2D eigenvalue weighted by molar-refractivity contribution is 7.28. The van der Waals surface area contributed by atoms with E-state index in [-0.39, 0.29) is 5.57 Å². The molecule has 0 spiro atoms. The Morgan fingerprint density at radius 3 is 1.71 bits per heavy atom. The van der Waals surface area contributed by atoms with Crippen LogP contribution in [0.3, 0.4) is 0 Å². The number of rotatable bonds is 5. The molecule has 0 aliphatic carbocycles. The first-order chi connectivity index (χ1) is 32.0. The molecule has 10 rings (SSSR count). The van der Waals surface area contributed by atoms with Crippen LogP contribution in [0.4, 0.5) is 0 Å². The van der Waals surface area contributed by atoms with Crippen molar-refractivity contribution < 1.29 is 28.8 Å². The smallest absolute Gasteiger partial charge is 0.346 e. The first-order valence-electron chi connectivity index (χ1n) is 22.5. The van der Waals surface area contributed by atoms with Gasteiger partial charge in [0.1, 0.15) is 34.6 Å². The number of aromatic nitrogens is 1. The van der Waals surface area contributed by atoms with Crippen molar-refractivity contribution in [3.05, 3.63) is 114 Å². The van der Waals surface area contributed by atoms with E-state index in [2.05, 4.69) is 90.4 Å². The summed E-state index contributed by atoms with van der Waals surface area (Å²) in [5, 5.41) is 21.7. The topological polar surface area (TPSA) is 103 Å². The number of carboxylic acids is 1. The Bertz CT molecular complexity index is 3070. The number of carbonyl (C=O) groups is 1. The average Bonchev–Trinajstić information content (AvgIpc) is 4.13. The van der Waals surface area contributed by atoms with Crippen molar-refractivity contribution in [3.8, 4) is 81.3 Å². The number of ether oxygens (including phenoxy) is 4. The molecule has 0 radical (unpaired) electrons. The molecule has 11 heteroatoms. The summed E-state index contributed by atoms with van der Waals surface area (Å²) in [5.74, 6) is 1.91. The first kappa shape index (κ1) is 42.6. The molecule has 2 aliphatic rings. The highest BCUT2D eigenvalue weighted by Gasteiger charge is 2.29. The molecule has 4 aromatic heterocycles. The van der Waals surface area contributed by atoms with Gasteiger partial charge in [0, 0.05) is 59.0 Å². The highest BCUT2D eigenvalue weighted by atomic mass is 32.1. The Hall–Kier alpha value is -6.32. The second-order valence-corrected chi connectivity index (χ2v) is 19.6. The molecular formula is C54H48N2O6S3. The van der Waals surface area contributed by atoms with Gasteiger partial charge in [0.25, 0.3) is 0 Å². The summed E-state index contributed by atoms with van der Waals surface area (Å²) in [6.45, 7) is 5.39. The summed E-state index contributed by atoms with van der Waals surface area (Å²) in [6, 6.07) is 38.2. The van der Waals surface area contributed by atoms with Crippen LogP contribution in [0.2, 0.25) is 0 Å². The predicted molar refractivity (Wildman–Crippen MR) is 266 cm³/mol. The van der Waals surface area contributed by atoms with Crippen molar-refractivity contribution in [1.82, 2.24) is 4.57 Å². The van der Waals surface area contributed by atoms with Gasteiger partial charge in [-0.3, -0.25) is 0 Å². The maximum atomic E-state index is 11.8. The predicted octanol–water partition coefficient (Wildman–Crippen LogP) is 15.0. The van der Waals surface area contributed by atoms with Crippen LogP contribution in [0.1, 0.15) is 63.2 Å². The average molecular weight is 917 g/mol. The molecule has 0 unspecified atom stereocenters. The molecule has 0 fully saturated rings. The monoisotopic (exact) mass is 916 g/mol. The number of benzene rings is 4. The molecule has 8 aromatic rings. The van der Waals surface area contributed by atoms with Gasteiger partial charge >= 0.3 is 5.97 Å². The number of thiophene rings is 3. The quantitative estimate of drug-likeness (QED) is 0.135. The lowest BCUT2D eigenvalue weighted by atomic mass is 9.97. The minimum absolute atomic E-state index is 0.307. The van der Waals surface area contributed by atoms with Crippen molar-refractivity contribution >= 4 is 67.9 Å². The first-order valence-corrected chi connectivity index (χ1v) is 25.0. The second-order valence-electron chi connectivity index (χ2n) is 16.4. The van der Waals surface area contributed by atoms with Gasteiger partial charge in [-0.2, -0.15) is 5.26 Å². The SMILES string of the molecule is CCn1c2ccccc2c2cc(-c3cc4c(s3)-c3sc(-c5ccc(/C=C(/C#N)C(=O)O)s5)cc3-c3c5cccc3OCCCCCCOc3cccc(c3-4)OCCCCCCO5)ccc21. The van der Waals surface area contributed by atoms with E-state index in [1.165, 1.54) is 39.2 Å². The van der Waals surface area contributed by atoms with E-state index in [0.717, 1.165) is 133 Å². The largest absolute Gasteiger partial charge is 0.493 e. The van der Waals surface area contributed by atoms with E-state index in [0.29, 0.717) is 31.3 Å². The highest BCUT2D eigenvalue weighted by Crippen LogP contribution is 2.57. The van der Waals surface area contributed by atoms with Crippen LogP contribution in [0.15, 0.2) is 109 Å². The third-order valence-electron chi connectivity index (χ3n) is 12.2. The van der Waals surface area contributed by atoms with E-state index in [9.17, 15) is 15.2 Å². The summed E-state index contributed by atoms with van der Waals surface area (Å²) in [4.78, 5) is 17.7. The van der Waals surface area contributed by atoms with Crippen LogP contribution in [-0.4, -0.2) is 42.1 Å². The molecule has 0 amide bonds. The molecule has 65 heavy (non-hydrogen) atoms. The molecular weight excluding hydrogens is 869 g/mol. The summed E-state index contributed by atoms with van der Waals surface area (Å²) < 4.78 is 29.4. The zero-order chi connectivity index (χ0) is 44.3. The molecule has 6 heterocycles. The maximum Gasteiger partial charge on any atom is 0.346 e. The summed E-state index contributed by atoms with van der Waals surface area (Å²) in [5.41, 5.74) is 7.12. The van der Waals surface area contributed by atoms with Crippen molar-refractivity contribution in [3.63, 3.8) is 0 Å². The third kappa shape index (κ3) is 8.54. The number of aliphatic carboxylic acids is 1. The van der Waals surface area contributed by atoms with Gasteiger partial charge < -0.3 is 28.6 Å². The number of hydrogen-bond acceptors (Lipinski definition) is 9. The summed E-state index contributed by atoms with van der Waals surface area (Å²) >= 11 is 4.91. The fourth-order valence-electron chi connectivity index (χ4n) is 9.03. The number of nitriles is 1.